The summed E-state index contributed by atoms with van der Waals surface area (Å²) in [7, 11) is 2.94. The van der Waals surface area contributed by atoms with E-state index in [1.54, 1.807) is 19.2 Å². The van der Waals surface area contributed by atoms with Gasteiger partial charge in [-0.2, -0.15) is 0 Å². The quantitative estimate of drug-likeness (QED) is 0.355. The number of aromatic nitrogens is 3. The number of likely N-dealkylation sites (N-methyl/N-ethyl adjacent to an activating group) is 1. The first-order chi connectivity index (χ1) is 19.1. The van der Waals surface area contributed by atoms with Gasteiger partial charge in [0, 0.05) is 30.4 Å². The summed E-state index contributed by atoms with van der Waals surface area (Å²) < 4.78 is 40.9. The van der Waals surface area contributed by atoms with E-state index in [1.807, 2.05) is 6.07 Å². The van der Waals surface area contributed by atoms with Crippen LogP contribution in [0.15, 0.2) is 36.5 Å². The van der Waals surface area contributed by atoms with Crippen LogP contribution in [0.1, 0.15) is 31.4 Å². The van der Waals surface area contributed by atoms with E-state index in [0.717, 1.165) is 37.0 Å². The van der Waals surface area contributed by atoms with Crippen LogP contribution in [0.3, 0.4) is 0 Å². The van der Waals surface area contributed by atoms with E-state index in [2.05, 4.69) is 17.2 Å². The van der Waals surface area contributed by atoms with Crippen molar-refractivity contribution in [3.05, 3.63) is 63.8 Å². The Hall–Kier alpha value is -2.67. The average molecular weight is 599 g/mol. The Balaban J connectivity index is 1.69. The fraction of sp³-hybridized carbons (Fsp3) is 0.444. The molecule has 0 aliphatic carbocycles. The summed E-state index contributed by atoms with van der Waals surface area (Å²) in [6.45, 7) is 1.47. The number of rotatable bonds is 9. The first-order valence-corrected chi connectivity index (χ1v) is 13.5. The highest BCUT2D eigenvalue weighted by Gasteiger charge is 2.50. The molecule has 0 unspecified atom stereocenters. The molecule has 216 valence electrons. The van der Waals surface area contributed by atoms with E-state index < -0.39 is 59.6 Å². The molecule has 1 aromatic heterocycles. The number of amides is 1. The van der Waals surface area contributed by atoms with Crippen molar-refractivity contribution in [3.8, 4) is 11.3 Å². The summed E-state index contributed by atoms with van der Waals surface area (Å²) in [5, 5.41) is 28.9. The van der Waals surface area contributed by atoms with Crippen LogP contribution in [0, 0.1) is 11.6 Å². The highest BCUT2D eigenvalue weighted by Crippen LogP contribution is 2.35. The predicted octanol–water partition coefficient (Wildman–Crippen LogP) is 4.21. The third kappa shape index (κ3) is 6.00. The summed E-state index contributed by atoms with van der Waals surface area (Å²) in [4.78, 5) is 15.3. The van der Waals surface area contributed by atoms with Crippen LogP contribution in [0.2, 0.25) is 10.0 Å². The maximum Gasteiger partial charge on any atom is 0.258 e. The lowest BCUT2D eigenvalue weighted by Gasteiger charge is -2.43. The lowest BCUT2D eigenvalue weighted by molar-refractivity contribution is -0.211. The molecule has 1 aliphatic heterocycles. The summed E-state index contributed by atoms with van der Waals surface area (Å²) in [6.07, 6.45) is -0.935. The minimum absolute atomic E-state index is 0.0628. The molecule has 0 saturated carbocycles. The van der Waals surface area contributed by atoms with Gasteiger partial charge in [0.15, 0.2) is 6.10 Å². The number of hydrogen-bond acceptors (Lipinski definition) is 7. The van der Waals surface area contributed by atoms with Gasteiger partial charge in [-0.25, -0.2) is 13.5 Å². The predicted molar refractivity (Wildman–Crippen MR) is 145 cm³/mol. The van der Waals surface area contributed by atoms with Crippen molar-refractivity contribution < 1.29 is 33.3 Å². The average Bonchev–Trinajstić information content (AvgIpc) is 3.43. The monoisotopic (exact) mass is 598 g/mol. The standard InChI is InChI=1S/C27H30Cl2F2N4O5/c1-4-5-6-14-7-8-16(28)11-20(14)34(2)27(38)26-25(39-3)23(24(37)21(13-36)40-26)35-12-19(32-33-35)15-9-17(30)22(29)18(31)10-15/h7-12,21,23-26,36-37H,4-6,13H2,1-3H3/t21-,23+,24+,25-,26-/m1/s1. The third-order valence-electron chi connectivity index (χ3n) is 7.02. The van der Waals surface area contributed by atoms with Gasteiger partial charge in [-0.1, -0.05) is 47.8 Å². The number of benzene rings is 2. The molecular formula is C27H30Cl2F2N4O5. The molecule has 3 aromatic rings. The first kappa shape index (κ1) is 30.3. The second kappa shape index (κ2) is 12.9. The Morgan fingerprint density at radius 2 is 1.93 bits per heavy atom. The molecule has 0 bridgehead atoms. The van der Waals surface area contributed by atoms with E-state index in [4.69, 9.17) is 32.7 Å². The number of methoxy groups -OCH3 is 1. The zero-order valence-corrected chi connectivity index (χ0v) is 23.6. The number of ether oxygens (including phenoxy) is 2. The minimum Gasteiger partial charge on any atom is -0.394 e. The van der Waals surface area contributed by atoms with Gasteiger partial charge in [0.2, 0.25) is 0 Å². The van der Waals surface area contributed by atoms with E-state index in [0.29, 0.717) is 10.7 Å². The number of aliphatic hydroxyl groups is 2. The Morgan fingerprint density at radius 1 is 1.23 bits per heavy atom. The number of unbranched alkanes of at least 4 members (excludes halogenated alkanes) is 1. The van der Waals surface area contributed by atoms with Gasteiger partial charge in [-0.05, 0) is 42.7 Å². The largest absolute Gasteiger partial charge is 0.394 e. The molecule has 2 aromatic carbocycles. The Bertz CT molecular complexity index is 1340. The summed E-state index contributed by atoms with van der Waals surface area (Å²) in [6, 6.07) is 6.28. The Morgan fingerprint density at radius 3 is 2.55 bits per heavy atom. The molecule has 0 radical (unpaired) electrons. The lowest BCUT2D eigenvalue weighted by atomic mass is 9.91. The van der Waals surface area contributed by atoms with Gasteiger partial charge in [-0.3, -0.25) is 4.79 Å². The van der Waals surface area contributed by atoms with E-state index in [9.17, 15) is 23.8 Å². The molecule has 13 heteroatoms. The van der Waals surface area contributed by atoms with Gasteiger partial charge in [-0.15, -0.1) is 5.10 Å². The van der Waals surface area contributed by atoms with Crippen LogP contribution in [0.25, 0.3) is 11.3 Å². The minimum atomic E-state index is -1.37. The lowest BCUT2D eigenvalue weighted by Crippen LogP contribution is -2.61. The Kier molecular flexibility index (Phi) is 9.76. The summed E-state index contributed by atoms with van der Waals surface area (Å²) >= 11 is 11.8. The highest BCUT2D eigenvalue weighted by molar-refractivity contribution is 6.31. The molecule has 5 atom stereocenters. The molecule has 1 amide bonds. The van der Waals surface area contributed by atoms with Crippen LogP contribution >= 0.6 is 23.2 Å². The highest BCUT2D eigenvalue weighted by atomic mass is 35.5. The molecule has 9 nitrogen and oxygen atoms in total. The number of nitrogens with zero attached hydrogens (tertiary/aromatic N) is 4. The molecule has 1 aliphatic rings. The molecule has 0 spiro atoms. The zero-order valence-electron chi connectivity index (χ0n) is 22.1. The van der Waals surface area contributed by atoms with Crippen molar-refractivity contribution >= 4 is 34.8 Å². The normalized spacial score (nSPS) is 22.9. The van der Waals surface area contributed by atoms with E-state index in [1.165, 1.54) is 22.9 Å². The summed E-state index contributed by atoms with van der Waals surface area (Å²) in [5.74, 6) is -2.44. The fourth-order valence-corrected chi connectivity index (χ4v) is 5.13. The molecule has 4 rings (SSSR count). The number of aliphatic hydroxyl groups excluding tert-OH is 2. The van der Waals surface area contributed by atoms with Crippen LogP contribution < -0.4 is 4.90 Å². The SMILES string of the molecule is CCCCc1ccc(Cl)cc1N(C)C(=O)[C@@H]1O[C@H](CO)[C@H](O)[C@H](n2cc(-c3cc(F)c(Cl)c(F)c3)nn2)[C@H]1OC. The zero-order chi connectivity index (χ0) is 29.1. The van der Waals surface area contributed by atoms with Gasteiger partial charge in [0.25, 0.3) is 5.91 Å². The molecule has 1 saturated heterocycles. The van der Waals surface area contributed by atoms with Gasteiger partial charge >= 0.3 is 0 Å². The summed E-state index contributed by atoms with van der Waals surface area (Å²) in [5.41, 5.74) is 1.67. The van der Waals surface area contributed by atoms with Crippen molar-refractivity contribution in [1.29, 1.82) is 0 Å². The second-order valence-corrected chi connectivity index (χ2v) is 10.4. The van der Waals surface area contributed by atoms with Crippen molar-refractivity contribution in [2.75, 3.05) is 25.7 Å². The number of carbonyl (C=O) groups is 1. The Labute approximate surface area is 240 Å². The fourth-order valence-electron chi connectivity index (χ4n) is 4.85. The van der Waals surface area contributed by atoms with Crippen molar-refractivity contribution in [2.24, 2.45) is 0 Å². The van der Waals surface area contributed by atoms with Gasteiger partial charge in [0.1, 0.15) is 46.7 Å². The maximum absolute atomic E-state index is 14.1. The van der Waals surface area contributed by atoms with Crippen LogP contribution in [-0.4, -0.2) is 76.3 Å². The number of aryl methyl sites for hydroxylation is 1. The van der Waals surface area contributed by atoms with Crippen LogP contribution in [0.4, 0.5) is 14.5 Å². The van der Waals surface area contributed by atoms with Crippen LogP contribution in [0.5, 0.6) is 0 Å². The topological polar surface area (TPSA) is 110 Å². The smallest absolute Gasteiger partial charge is 0.258 e. The maximum atomic E-state index is 14.1. The molecular weight excluding hydrogens is 569 g/mol. The van der Waals surface area contributed by atoms with Crippen molar-refractivity contribution in [2.45, 2.75) is 56.6 Å². The van der Waals surface area contributed by atoms with Gasteiger partial charge in [0.05, 0.1) is 12.8 Å². The third-order valence-corrected chi connectivity index (χ3v) is 7.61. The van der Waals surface area contributed by atoms with Gasteiger partial charge < -0.3 is 24.6 Å². The number of carbonyl (C=O) groups excluding carboxylic acids is 1. The first-order valence-electron chi connectivity index (χ1n) is 12.7. The van der Waals surface area contributed by atoms with Crippen molar-refractivity contribution in [1.82, 2.24) is 15.0 Å². The van der Waals surface area contributed by atoms with E-state index in [-0.39, 0.29) is 11.3 Å². The molecule has 1 fully saturated rings. The number of halogens is 4. The molecule has 2 heterocycles. The number of anilines is 1. The molecule has 40 heavy (non-hydrogen) atoms. The van der Waals surface area contributed by atoms with E-state index >= 15 is 0 Å². The van der Waals surface area contributed by atoms with Crippen LogP contribution in [-0.2, 0) is 20.7 Å². The van der Waals surface area contributed by atoms with Crippen molar-refractivity contribution in [3.63, 3.8) is 0 Å². The number of hydrogen-bond donors (Lipinski definition) is 2. The molecule has 2 N–H and O–H groups in total. The second-order valence-electron chi connectivity index (χ2n) is 9.57.